The fourth-order valence-corrected chi connectivity index (χ4v) is 3.20. The second-order valence-corrected chi connectivity index (χ2v) is 6.18. The molecule has 1 saturated heterocycles. The van der Waals surface area contributed by atoms with Crippen molar-refractivity contribution < 1.29 is 9.50 Å². The molecule has 0 saturated carbocycles. The number of aliphatic hydroxyl groups excluding tert-OH is 1. The van der Waals surface area contributed by atoms with Crippen LogP contribution in [0.3, 0.4) is 0 Å². The van der Waals surface area contributed by atoms with Crippen LogP contribution in [0.4, 0.5) is 10.2 Å². The van der Waals surface area contributed by atoms with Crippen LogP contribution in [0.25, 0.3) is 16.9 Å². The van der Waals surface area contributed by atoms with E-state index in [0.29, 0.717) is 0 Å². The summed E-state index contributed by atoms with van der Waals surface area (Å²) in [5.41, 5.74) is 2.43. The van der Waals surface area contributed by atoms with Crippen molar-refractivity contribution in [1.82, 2.24) is 14.6 Å². The molecule has 1 atom stereocenters. The third-order valence-corrected chi connectivity index (χ3v) is 4.50. The molecular weight excluding hydrogens is 307 g/mol. The van der Waals surface area contributed by atoms with Gasteiger partial charge in [0.15, 0.2) is 5.65 Å². The Balaban J connectivity index is 1.79. The number of rotatable bonds is 2. The molecule has 1 N–H and O–H groups in total. The lowest BCUT2D eigenvalue weighted by Gasteiger charge is -2.23. The first kappa shape index (κ1) is 15.1. The van der Waals surface area contributed by atoms with E-state index in [0.717, 1.165) is 55.1 Å². The van der Waals surface area contributed by atoms with Gasteiger partial charge in [-0.2, -0.15) is 9.61 Å². The number of anilines is 1. The standard InChI is InChI=1S/C18H19FN4O/c19-14-5-3-13(4-6-14)16-12-18(23-17(21-16)7-9-20-23)22-10-1-2-15(24)8-11-22/h3-7,9,12,15,24H,1-2,8,10-11H2/t15-/m1/s1. The van der Waals surface area contributed by atoms with Crippen LogP contribution in [0, 0.1) is 5.82 Å². The first-order chi connectivity index (χ1) is 11.7. The summed E-state index contributed by atoms with van der Waals surface area (Å²) in [5, 5.41) is 14.3. The van der Waals surface area contributed by atoms with Crippen molar-refractivity contribution >= 4 is 11.5 Å². The molecule has 124 valence electrons. The largest absolute Gasteiger partial charge is 0.393 e. The van der Waals surface area contributed by atoms with Crippen molar-refractivity contribution in [1.29, 1.82) is 0 Å². The van der Waals surface area contributed by atoms with E-state index in [-0.39, 0.29) is 11.9 Å². The molecule has 1 aliphatic heterocycles. The molecule has 24 heavy (non-hydrogen) atoms. The maximum Gasteiger partial charge on any atom is 0.157 e. The molecule has 0 unspecified atom stereocenters. The molecule has 2 aromatic heterocycles. The Morgan fingerprint density at radius 2 is 1.92 bits per heavy atom. The predicted molar refractivity (Wildman–Crippen MR) is 90.5 cm³/mol. The quantitative estimate of drug-likeness (QED) is 0.787. The number of hydrogen-bond acceptors (Lipinski definition) is 4. The SMILES string of the molecule is O[C@@H]1CCCN(c2cc(-c3ccc(F)cc3)nc3ccnn23)CC1. The number of nitrogens with zero attached hydrogens (tertiary/aromatic N) is 4. The first-order valence-corrected chi connectivity index (χ1v) is 8.24. The third-order valence-electron chi connectivity index (χ3n) is 4.50. The van der Waals surface area contributed by atoms with Crippen LogP contribution < -0.4 is 4.90 Å². The van der Waals surface area contributed by atoms with Gasteiger partial charge in [-0.3, -0.25) is 0 Å². The zero-order valence-corrected chi connectivity index (χ0v) is 13.3. The summed E-state index contributed by atoms with van der Waals surface area (Å²) in [5.74, 6) is 0.698. The summed E-state index contributed by atoms with van der Waals surface area (Å²) in [4.78, 5) is 6.87. The highest BCUT2D eigenvalue weighted by molar-refractivity contribution is 5.66. The second-order valence-electron chi connectivity index (χ2n) is 6.18. The van der Waals surface area contributed by atoms with Gasteiger partial charge in [-0.15, -0.1) is 0 Å². The van der Waals surface area contributed by atoms with Gasteiger partial charge in [0.25, 0.3) is 0 Å². The van der Waals surface area contributed by atoms with Crippen molar-refractivity contribution in [3.05, 3.63) is 48.4 Å². The second kappa shape index (κ2) is 6.20. The number of benzene rings is 1. The van der Waals surface area contributed by atoms with E-state index in [2.05, 4.69) is 15.0 Å². The molecule has 3 aromatic rings. The van der Waals surface area contributed by atoms with E-state index in [1.165, 1.54) is 12.1 Å². The Hall–Kier alpha value is -2.47. The van der Waals surface area contributed by atoms with Gasteiger partial charge in [-0.25, -0.2) is 9.37 Å². The van der Waals surface area contributed by atoms with Crippen LogP contribution in [0.15, 0.2) is 42.6 Å². The zero-order chi connectivity index (χ0) is 16.5. The Bertz CT molecular complexity index is 846. The summed E-state index contributed by atoms with van der Waals surface area (Å²) < 4.78 is 15.0. The molecule has 0 amide bonds. The highest BCUT2D eigenvalue weighted by Gasteiger charge is 2.19. The Kier molecular flexibility index (Phi) is 3.90. The molecule has 4 rings (SSSR count). The number of aromatic nitrogens is 3. The minimum absolute atomic E-state index is 0.235. The summed E-state index contributed by atoms with van der Waals surface area (Å²) in [6.45, 7) is 1.65. The van der Waals surface area contributed by atoms with Gasteiger partial charge in [0.05, 0.1) is 18.0 Å². The minimum atomic E-state index is -0.258. The number of aliphatic hydroxyl groups is 1. The smallest absolute Gasteiger partial charge is 0.157 e. The van der Waals surface area contributed by atoms with E-state index in [1.807, 2.05) is 16.6 Å². The zero-order valence-electron chi connectivity index (χ0n) is 13.3. The molecule has 6 heteroatoms. The van der Waals surface area contributed by atoms with E-state index in [1.54, 1.807) is 18.3 Å². The van der Waals surface area contributed by atoms with Crippen molar-refractivity contribution in [2.45, 2.75) is 25.4 Å². The molecule has 1 aliphatic rings. The molecule has 0 aliphatic carbocycles. The first-order valence-electron chi connectivity index (χ1n) is 8.24. The molecule has 1 aromatic carbocycles. The van der Waals surface area contributed by atoms with Gasteiger partial charge in [-0.1, -0.05) is 0 Å². The van der Waals surface area contributed by atoms with Crippen LogP contribution >= 0.6 is 0 Å². The molecule has 0 radical (unpaired) electrons. The lowest BCUT2D eigenvalue weighted by molar-refractivity contribution is 0.161. The summed E-state index contributed by atoms with van der Waals surface area (Å²) in [7, 11) is 0. The summed E-state index contributed by atoms with van der Waals surface area (Å²) in [6.07, 6.45) is 4.01. The fraction of sp³-hybridized carbons (Fsp3) is 0.333. The normalized spacial score (nSPS) is 18.8. The summed E-state index contributed by atoms with van der Waals surface area (Å²) in [6, 6.07) is 10.2. The van der Waals surface area contributed by atoms with Crippen LogP contribution in [0.1, 0.15) is 19.3 Å². The number of hydrogen-bond donors (Lipinski definition) is 1. The predicted octanol–water partition coefficient (Wildman–Crippen LogP) is 2.89. The Morgan fingerprint density at radius 1 is 1.08 bits per heavy atom. The van der Waals surface area contributed by atoms with E-state index < -0.39 is 0 Å². The van der Waals surface area contributed by atoms with Gasteiger partial charge < -0.3 is 10.0 Å². The van der Waals surface area contributed by atoms with E-state index in [9.17, 15) is 9.50 Å². The lowest BCUT2D eigenvalue weighted by atomic mass is 10.1. The minimum Gasteiger partial charge on any atom is -0.393 e. The third kappa shape index (κ3) is 2.85. The van der Waals surface area contributed by atoms with Crippen LogP contribution in [0.2, 0.25) is 0 Å². The number of halogens is 1. The molecule has 5 nitrogen and oxygen atoms in total. The highest BCUT2D eigenvalue weighted by atomic mass is 19.1. The van der Waals surface area contributed by atoms with Crippen LogP contribution in [-0.4, -0.2) is 38.9 Å². The van der Waals surface area contributed by atoms with Crippen molar-refractivity contribution in [3.8, 4) is 11.3 Å². The van der Waals surface area contributed by atoms with Gasteiger partial charge in [0, 0.05) is 30.8 Å². The molecular formula is C18H19FN4O. The Morgan fingerprint density at radius 3 is 2.75 bits per heavy atom. The van der Waals surface area contributed by atoms with Gasteiger partial charge in [0.1, 0.15) is 11.6 Å². The van der Waals surface area contributed by atoms with Crippen molar-refractivity contribution in [3.63, 3.8) is 0 Å². The molecule has 1 fully saturated rings. The topological polar surface area (TPSA) is 53.7 Å². The average molecular weight is 326 g/mol. The van der Waals surface area contributed by atoms with Crippen LogP contribution in [0.5, 0.6) is 0 Å². The highest BCUT2D eigenvalue weighted by Crippen LogP contribution is 2.26. The lowest BCUT2D eigenvalue weighted by Crippen LogP contribution is -2.27. The van der Waals surface area contributed by atoms with Crippen LogP contribution in [-0.2, 0) is 0 Å². The maximum absolute atomic E-state index is 13.2. The van der Waals surface area contributed by atoms with E-state index in [4.69, 9.17) is 0 Å². The molecule has 3 heterocycles. The fourth-order valence-electron chi connectivity index (χ4n) is 3.20. The average Bonchev–Trinajstić information content (AvgIpc) is 2.96. The monoisotopic (exact) mass is 326 g/mol. The Labute approximate surface area is 139 Å². The molecule has 0 spiro atoms. The molecule has 0 bridgehead atoms. The van der Waals surface area contributed by atoms with E-state index >= 15 is 0 Å². The van der Waals surface area contributed by atoms with Gasteiger partial charge >= 0.3 is 0 Å². The van der Waals surface area contributed by atoms with Gasteiger partial charge in [-0.05, 0) is 43.5 Å². The van der Waals surface area contributed by atoms with Crippen molar-refractivity contribution in [2.24, 2.45) is 0 Å². The van der Waals surface area contributed by atoms with Gasteiger partial charge in [0.2, 0.25) is 0 Å². The maximum atomic E-state index is 13.2. The number of fused-ring (bicyclic) bond motifs is 1. The van der Waals surface area contributed by atoms with Crippen molar-refractivity contribution in [2.75, 3.05) is 18.0 Å². The summed E-state index contributed by atoms with van der Waals surface area (Å²) >= 11 is 0.